The maximum Gasteiger partial charge on any atom is 0.420 e. The van der Waals surface area contributed by atoms with Crippen LogP contribution in [0.4, 0.5) is 18.9 Å². The zero-order valence-electron chi connectivity index (χ0n) is 10.6. The third kappa shape index (κ3) is 4.13. The van der Waals surface area contributed by atoms with Crippen LogP contribution in [0.2, 0.25) is 0 Å². The summed E-state index contributed by atoms with van der Waals surface area (Å²) in [6.07, 6.45) is -2.53. The maximum atomic E-state index is 12.8. The third-order valence-corrected chi connectivity index (χ3v) is 2.61. The van der Waals surface area contributed by atoms with Crippen LogP contribution in [0.1, 0.15) is 32.3 Å². The Morgan fingerprint density at radius 3 is 2.56 bits per heavy atom. The van der Waals surface area contributed by atoms with Gasteiger partial charge >= 0.3 is 6.18 Å². The fourth-order valence-corrected chi connectivity index (χ4v) is 1.70. The number of hydrogen-bond acceptors (Lipinski definition) is 2. The summed E-state index contributed by atoms with van der Waals surface area (Å²) < 4.78 is 43.6. The van der Waals surface area contributed by atoms with E-state index in [-0.39, 0.29) is 24.0 Å². The van der Waals surface area contributed by atoms with Gasteiger partial charge in [-0.15, -0.1) is 0 Å². The molecule has 1 atom stereocenters. The lowest BCUT2D eigenvalue weighted by Gasteiger charge is -2.17. The van der Waals surface area contributed by atoms with Gasteiger partial charge in [0.25, 0.3) is 0 Å². The highest BCUT2D eigenvalue weighted by Crippen LogP contribution is 2.37. The summed E-state index contributed by atoms with van der Waals surface area (Å²) in [6, 6.07) is 3.59. The van der Waals surface area contributed by atoms with Crippen LogP contribution in [0.15, 0.2) is 18.2 Å². The first kappa shape index (κ1) is 14.7. The number of anilines is 1. The average molecular weight is 261 g/mol. The molecule has 0 aromatic heterocycles. The monoisotopic (exact) mass is 261 g/mol. The van der Waals surface area contributed by atoms with Gasteiger partial charge in [0.2, 0.25) is 0 Å². The molecule has 5 heteroatoms. The van der Waals surface area contributed by atoms with Crippen molar-refractivity contribution >= 4 is 5.69 Å². The highest BCUT2D eigenvalue weighted by molar-refractivity contribution is 5.49. The number of nitrogens with two attached hydrogens (primary N) is 1. The Balaban J connectivity index is 2.82. The van der Waals surface area contributed by atoms with Gasteiger partial charge in [-0.25, -0.2) is 0 Å². The number of alkyl halides is 3. The van der Waals surface area contributed by atoms with Gasteiger partial charge in [-0.2, -0.15) is 13.2 Å². The van der Waals surface area contributed by atoms with Crippen LogP contribution in [0.5, 0.6) is 5.75 Å². The molecule has 1 aromatic carbocycles. The van der Waals surface area contributed by atoms with E-state index in [2.05, 4.69) is 0 Å². The van der Waals surface area contributed by atoms with Gasteiger partial charge in [-0.1, -0.05) is 20.3 Å². The van der Waals surface area contributed by atoms with Gasteiger partial charge in [0.05, 0.1) is 12.2 Å². The van der Waals surface area contributed by atoms with Crippen molar-refractivity contribution < 1.29 is 17.9 Å². The lowest BCUT2D eigenvalue weighted by molar-refractivity contribution is -0.139. The normalized spacial score (nSPS) is 13.4. The molecule has 0 aliphatic heterocycles. The van der Waals surface area contributed by atoms with Gasteiger partial charge in [0, 0.05) is 5.69 Å². The Labute approximate surface area is 105 Å². The Bertz CT molecular complexity index is 390. The van der Waals surface area contributed by atoms with Crippen LogP contribution in [0, 0.1) is 5.92 Å². The molecule has 18 heavy (non-hydrogen) atoms. The molecule has 2 N–H and O–H groups in total. The first-order valence-electron chi connectivity index (χ1n) is 5.94. The first-order valence-corrected chi connectivity index (χ1v) is 5.94. The van der Waals surface area contributed by atoms with E-state index in [0.29, 0.717) is 0 Å². The zero-order chi connectivity index (χ0) is 13.8. The lowest BCUT2D eigenvalue weighted by Crippen LogP contribution is -2.13. The Morgan fingerprint density at radius 1 is 1.33 bits per heavy atom. The van der Waals surface area contributed by atoms with Crippen LogP contribution >= 0.6 is 0 Å². The summed E-state index contributed by atoms with van der Waals surface area (Å²) in [7, 11) is 0. The molecule has 0 fully saturated rings. The largest absolute Gasteiger partial charge is 0.493 e. The zero-order valence-corrected chi connectivity index (χ0v) is 10.6. The number of benzene rings is 1. The molecule has 0 aliphatic rings. The van der Waals surface area contributed by atoms with Gasteiger partial charge in [0.15, 0.2) is 0 Å². The van der Waals surface area contributed by atoms with Crippen molar-refractivity contribution in [3.8, 4) is 5.75 Å². The molecular formula is C13H18F3NO. The molecule has 0 saturated heterocycles. The maximum absolute atomic E-state index is 12.8. The van der Waals surface area contributed by atoms with Crippen LogP contribution in [-0.4, -0.2) is 6.61 Å². The summed E-state index contributed by atoms with van der Waals surface area (Å²) >= 11 is 0. The van der Waals surface area contributed by atoms with Gasteiger partial charge in [0.1, 0.15) is 5.75 Å². The molecule has 0 heterocycles. The van der Waals surface area contributed by atoms with Crippen LogP contribution in [0.3, 0.4) is 0 Å². The molecule has 102 valence electrons. The third-order valence-electron chi connectivity index (χ3n) is 2.61. The van der Waals surface area contributed by atoms with Gasteiger partial charge < -0.3 is 10.5 Å². The Hall–Kier alpha value is -1.39. The molecule has 0 spiro atoms. The first-order chi connectivity index (χ1) is 8.34. The van der Waals surface area contributed by atoms with Crippen molar-refractivity contribution in [3.05, 3.63) is 23.8 Å². The highest BCUT2D eigenvalue weighted by Gasteiger charge is 2.34. The summed E-state index contributed by atoms with van der Waals surface area (Å²) in [5.41, 5.74) is 4.64. The predicted molar refractivity (Wildman–Crippen MR) is 65.4 cm³/mol. The van der Waals surface area contributed by atoms with Gasteiger partial charge in [-0.05, 0) is 30.5 Å². The molecule has 0 aliphatic carbocycles. The van der Waals surface area contributed by atoms with Crippen molar-refractivity contribution in [2.75, 3.05) is 12.3 Å². The molecule has 0 radical (unpaired) electrons. The minimum atomic E-state index is -4.45. The molecule has 1 rings (SSSR count). The molecular weight excluding hydrogens is 243 g/mol. The predicted octanol–water partition coefficient (Wildman–Crippen LogP) is 4.10. The number of hydrogen-bond donors (Lipinski definition) is 1. The SMILES string of the molecule is CCCC(C)COc1ccc(N)cc1C(F)(F)F. The fourth-order valence-electron chi connectivity index (χ4n) is 1.70. The summed E-state index contributed by atoms with van der Waals surface area (Å²) in [6.45, 7) is 4.26. The second-order valence-corrected chi connectivity index (χ2v) is 4.46. The Kier molecular flexibility index (Phi) is 4.87. The lowest BCUT2D eigenvalue weighted by atomic mass is 10.1. The highest BCUT2D eigenvalue weighted by atomic mass is 19.4. The smallest absolute Gasteiger partial charge is 0.420 e. The molecule has 0 saturated carbocycles. The minimum absolute atomic E-state index is 0.0799. The van der Waals surface area contributed by atoms with E-state index in [1.807, 2.05) is 13.8 Å². The van der Waals surface area contributed by atoms with E-state index in [9.17, 15) is 13.2 Å². The van der Waals surface area contributed by atoms with E-state index >= 15 is 0 Å². The minimum Gasteiger partial charge on any atom is -0.493 e. The van der Waals surface area contributed by atoms with E-state index in [1.54, 1.807) is 0 Å². The number of nitrogen functional groups attached to an aromatic ring is 1. The second kappa shape index (κ2) is 5.98. The van der Waals surface area contributed by atoms with Crippen LogP contribution in [0.25, 0.3) is 0 Å². The van der Waals surface area contributed by atoms with Crippen molar-refractivity contribution in [2.24, 2.45) is 5.92 Å². The van der Waals surface area contributed by atoms with Gasteiger partial charge in [-0.3, -0.25) is 0 Å². The van der Waals surface area contributed by atoms with Crippen LogP contribution in [-0.2, 0) is 6.18 Å². The summed E-state index contributed by atoms with van der Waals surface area (Å²) in [4.78, 5) is 0. The molecule has 1 aromatic rings. The Morgan fingerprint density at radius 2 is 2.00 bits per heavy atom. The number of halogens is 3. The van der Waals surface area contributed by atoms with Crippen LogP contribution < -0.4 is 10.5 Å². The fraction of sp³-hybridized carbons (Fsp3) is 0.538. The van der Waals surface area contributed by atoms with E-state index < -0.39 is 11.7 Å². The average Bonchev–Trinajstić information content (AvgIpc) is 2.26. The molecule has 0 bridgehead atoms. The quantitative estimate of drug-likeness (QED) is 0.810. The van der Waals surface area contributed by atoms with E-state index in [1.165, 1.54) is 12.1 Å². The van der Waals surface area contributed by atoms with Crippen molar-refractivity contribution in [2.45, 2.75) is 32.9 Å². The molecule has 1 unspecified atom stereocenters. The summed E-state index contributed by atoms with van der Waals surface area (Å²) in [5.74, 6) is 0.0771. The van der Waals surface area contributed by atoms with E-state index in [4.69, 9.17) is 10.5 Å². The standard InChI is InChI=1S/C13H18F3NO/c1-3-4-9(2)8-18-12-6-5-10(17)7-11(12)13(14,15)16/h5-7,9H,3-4,8,17H2,1-2H3. The topological polar surface area (TPSA) is 35.2 Å². The number of ether oxygens (including phenoxy) is 1. The van der Waals surface area contributed by atoms with Crippen molar-refractivity contribution in [3.63, 3.8) is 0 Å². The molecule has 0 amide bonds. The van der Waals surface area contributed by atoms with Crippen molar-refractivity contribution in [1.82, 2.24) is 0 Å². The van der Waals surface area contributed by atoms with Crippen molar-refractivity contribution in [1.29, 1.82) is 0 Å². The number of rotatable bonds is 5. The summed E-state index contributed by atoms with van der Waals surface area (Å²) in [5, 5.41) is 0. The molecule has 2 nitrogen and oxygen atoms in total. The van der Waals surface area contributed by atoms with E-state index in [0.717, 1.165) is 18.9 Å². The second-order valence-electron chi connectivity index (χ2n) is 4.46.